The van der Waals surface area contributed by atoms with Crippen molar-refractivity contribution in [1.82, 2.24) is 29.5 Å². The fraction of sp³-hybridized carbons (Fsp3) is 0.576. The van der Waals surface area contributed by atoms with Gasteiger partial charge in [-0.1, -0.05) is 6.07 Å². The van der Waals surface area contributed by atoms with Gasteiger partial charge in [-0.3, -0.25) is 14.4 Å². The molecule has 3 unspecified atom stereocenters. The number of benzene rings is 1. The lowest BCUT2D eigenvalue weighted by Crippen LogP contribution is -2.44. The van der Waals surface area contributed by atoms with E-state index in [4.69, 9.17) is 29.9 Å². The molecule has 3 atom stereocenters. The lowest BCUT2D eigenvalue weighted by atomic mass is 9.88. The number of aromatic nitrogens is 4. The van der Waals surface area contributed by atoms with Crippen LogP contribution in [-0.2, 0) is 47.8 Å². The number of carbonyl (C=O) groups excluding carboxylic acids is 1. The Hall–Kier alpha value is -3.81. The molecule has 8 rings (SSSR count). The van der Waals surface area contributed by atoms with E-state index in [1.165, 1.54) is 4.90 Å². The second-order valence-corrected chi connectivity index (χ2v) is 13.6. The molecule has 244 valence electrons. The molecule has 7 heterocycles. The van der Waals surface area contributed by atoms with Crippen LogP contribution in [0.2, 0.25) is 0 Å². The molecule has 0 aliphatic carbocycles. The smallest absolute Gasteiger partial charge is 0.318 e. The number of nitrogen functional groups attached to an aromatic ring is 1. The minimum absolute atomic E-state index is 0.128. The highest BCUT2D eigenvalue weighted by Gasteiger charge is 2.50. The van der Waals surface area contributed by atoms with Crippen LogP contribution in [0.5, 0.6) is 6.01 Å². The number of fused-ring (bicyclic) bond motifs is 5. The van der Waals surface area contributed by atoms with Gasteiger partial charge in [-0.05, 0) is 56.0 Å². The molecule has 0 radical (unpaired) electrons. The topological polar surface area (TPSA) is 124 Å². The van der Waals surface area contributed by atoms with E-state index < -0.39 is 12.0 Å². The molecule has 13 heteroatoms. The first-order chi connectivity index (χ1) is 22.2. The zero-order valence-corrected chi connectivity index (χ0v) is 26.5. The summed E-state index contributed by atoms with van der Waals surface area (Å²) in [7, 11) is 3.46. The van der Waals surface area contributed by atoms with Crippen molar-refractivity contribution in [3.63, 3.8) is 0 Å². The maximum atomic E-state index is 14.6. The van der Waals surface area contributed by atoms with Gasteiger partial charge >= 0.3 is 6.01 Å². The van der Waals surface area contributed by atoms with Gasteiger partial charge in [-0.2, -0.15) is 15.1 Å². The van der Waals surface area contributed by atoms with Crippen molar-refractivity contribution in [3.05, 3.63) is 58.0 Å². The van der Waals surface area contributed by atoms with E-state index in [0.717, 1.165) is 72.7 Å². The van der Waals surface area contributed by atoms with Gasteiger partial charge in [-0.25, -0.2) is 4.39 Å². The predicted molar refractivity (Wildman–Crippen MR) is 167 cm³/mol. The summed E-state index contributed by atoms with van der Waals surface area (Å²) in [6.45, 7) is 4.40. The third kappa shape index (κ3) is 4.99. The first kappa shape index (κ1) is 29.6. The molecule has 1 spiro atoms. The second-order valence-electron chi connectivity index (χ2n) is 13.6. The summed E-state index contributed by atoms with van der Waals surface area (Å²) in [6, 6.07) is 8.06. The molecule has 1 amide bonds. The lowest BCUT2D eigenvalue weighted by molar-refractivity contribution is -0.265. The molecule has 46 heavy (non-hydrogen) atoms. The molecule has 0 bridgehead atoms. The molecular weight excluding hydrogens is 591 g/mol. The van der Waals surface area contributed by atoms with Crippen molar-refractivity contribution in [2.24, 2.45) is 0 Å². The van der Waals surface area contributed by atoms with Gasteiger partial charge in [-0.15, -0.1) is 0 Å². The Kier molecular flexibility index (Phi) is 7.18. The van der Waals surface area contributed by atoms with Crippen LogP contribution < -0.4 is 15.4 Å². The van der Waals surface area contributed by atoms with Crippen molar-refractivity contribution in [3.8, 4) is 6.01 Å². The molecule has 2 fully saturated rings. The molecule has 0 saturated carbocycles. The summed E-state index contributed by atoms with van der Waals surface area (Å²) >= 11 is 0. The molecule has 5 aliphatic rings. The SMILES string of the molecule is CN(C)C(=O)c1cc2n(n1)CCCN(c1nc(OCC34CCCN3CC(F)C4)nc3c1COC1(C3)OCCc3ccc(N)cc31)C2. The van der Waals surface area contributed by atoms with Crippen LogP contribution in [0.25, 0.3) is 0 Å². The summed E-state index contributed by atoms with van der Waals surface area (Å²) in [5.41, 5.74) is 11.7. The Morgan fingerprint density at radius 2 is 2.07 bits per heavy atom. The number of alkyl halides is 1. The monoisotopic (exact) mass is 632 g/mol. The van der Waals surface area contributed by atoms with E-state index in [-0.39, 0.29) is 24.1 Å². The number of aryl methyl sites for hydroxylation is 1. The van der Waals surface area contributed by atoms with Crippen LogP contribution >= 0.6 is 0 Å². The Morgan fingerprint density at radius 1 is 1.17 bits per heavy atom. The average Bonchev–Trinajstić information content (AvgIpc) is 3.66. The zero-order valence-electron chi connectivity index (χ0n) is 26.5. The normalized spacial score (nSPS) is 27.1. The number of rotatable bonds is 5. The highest BCUT2D eigenvalue weighted by atomic mass is 19.1. The van der Waals surface area contributed by atoms with Crippen LogP contribution in [0.15, 0.2) is 24.3 Å². The number of nitrogens with two attached hydrogens (primary N) is 1. The largest absolute Gasteiger partial charge is 0.461 e. The van der Waals surface area contributed by atoms with Gasteiger partial charge in [0.2, 0.25) is 5.79 Å². The maximum Gasteiger partial charge on any atom is 0.318 e. The Morgan fingerprint density at radius 3 is 2.93 bits per heavy atom. The Balaban J connectivity index is 1.16. The van der Waals surface area contributed by atoms with Crippen LogP contribution in [0, 0.1) is 0 Å². The van der Waals surface area contributed by atoms with Crippen molar-refractivity contribution in [1.29, 1.82) is 0 Å². The van der Waals surface area contributed by atoms with Gasteiger partial charge in [0, 0.05) is 63.4 Å². The van der Waals surface area contributed by atoms with Crippen LogP contribution in [0.1, 0.15) is 64.2 Å². The quantitative estimate of drug-likeness (QED) is 0.420. The average molecular weight is 633 g/mol. The number of ether oxygens (including phenoxy) is 3. The molecular formula is C33H41FN8O4. The van der Waals surface area contributed by atoms with Gasteiger partial charge in [0.15, 0.2) is 5.69 Å². The van der Waals surface area contributed by atoms with Gasteiger partial charge in [0.1, 0.15) is 18.6 Å². The number of hydrogen-bond acceptors (Lipinski definition) is 10. The highest BCUT2D eigenvalue weighted by Crippen LogP contribution is 2.45. The van der Waals surface area contributed by atoms with Crippen molar-refractivity contribution >= 4 is 17.4 Å². The van der Waals surface area contributed by atoms with E-state index in [1.54, 1.807) is 14.1 Å². The van der Waals surface area contributed by atoms with Gasteiger partial charge in [0.05, 0.1) is 36.7 Å². The lowest BCUT2D eigenvalue weighted by Gasteiger charge is -2.42. The minimum atomic E-state index is -1.01. The standard InChI is InChI=1S/C33H41FN8O4/c1-39(2)30(43)27-14-24-18-40(9-4-11-42(24)38-27)29-25-19-46-33(26-13-23(35)6-5-21(26)7-12-45-33)16-28(25)36-31(37-29)44-20-32-8-3-10-41(32)17-22(34)15-32/h5-6,13-14,22H,3-4,7-12,15-20,35H2,1-2H3. The number of anilines is 2. The van der Waals surface area contributed by atoms with Crippen molar-refractivity contribution in [2.45, 2.75) is 75.7 Å². The van der Waals surface area contributed by atoms with Crippen LogP contribution in [-0.4, -0.2) is 94.1 Å². The van der Waals surface area contributed by atoms with E-state index in [1.807, 2.05) is 22.9 Å². The fourth-order valence-corrected chi connectivity index (χ4v) is 8.04. The number of halogens is 1. The van der Waals surface area contributed by atoms with Gasteiger partial charge in [0.25, 0.3) is 5.91 Å². The second kappa shape index (κ2) is 11.2. The highest BCUT2D eigenvalue weighted by molar-refractivity contribution is 5.92. The van der Waals surface area contributed by atoms with E-state index in [2.05, 4.69) is 21.0 Å². The minimum Gasteiger partial charge on any atom is -0.461 e. The summed E-state index contributed by atoms with van der Waals surface area (Å²) in [6.07, 6.45) is 3.54. The predicted octanol–water partition coefficient (Wildman–Crippen LogP) is 2.82. The van der Waals surface area contributed by atoms with E-state index in [9.17, 15) is 9.18 Å². The molecule has 5 aliphatic heterocycles. The van der Waals surface area contributed by atoms with E-state index in [0.29, 0.717) is 57.1 Å². The van der Waals surface area contributed by atoms with Crippen LogP contribution in [0.4, 0.5) is 15.9 Å². The van der Waals surface area contributed by atoms with Gasteiger partial charge < -0.3 is 29.7 Å². The Labute approximate surface area is 267 Å². The summed E-state index contributed by atoms with van der Waals surface area (Å²) in [4.78, 5) is 28.7. The third-order valence-corrected chi connectivity index (χ3v) is 10.3. The van der Waals surface area contributed by atoms with E-state index >= 15 is 0 Å². The molecule has 12 nitrogen and oxygen atoms in total. The molecule has 2 aromatic heterocycles. The Bertz CT molecular complexity index is 1680. The van der Waals surface area contributed by atoms with Crippen LogP contribution in [0.3, 0.4) is 0 Å². The number of carbonyl (C=O) groups is 1. The number of hydrogen-bond donors (Lipinski definition) is 1. The first-order valence-electron chi connectivity index (χ1n) is 16.3. The molecule has 2 N–H and O–H groups in total. The fourth-order valence-electron chi connectivity index (χ4n) is 8.04. The molecule has 2 saturated heterocycles. The third-order valence-electron chi connectivity index (χ3n) is 10.3. The number of amides is 1. The molecule has 3 aromatic rings. The zero-order chi connectivity index (χ0) is 31.6. The number of nitrogens with zero attached hydrogens (tertiary/aromatic N) is 7. The first-order valence-corrected chi connectivity index (χ1v) is 16.3. The molecule has 1 aromatic carbocycles. The summed E-state index contributed by atoms with van der Waals surface area (Å²) < 4.78 is 35.9. The maximum absolute atomic E-state index is 14.6. The summed E-state index contributed by atoms with van der Waals surface area (Å²) in [5.74, 6) is -0.396. The van der Waals surface area contributed by atoms with Crippen molar-refractivity contribution in [2.75, 3.05) is 57.6 Å². The van der Waals surface area contributed by atoms with Crippen molar-refractivity contribution < 1.29 is 23.4 Å². The summed E-state index contributed by atoms with van der Waals surface area (Å²) in [5, 5.41) is 4.61.